The Bertz CT molecular complexity index is 3260. The van der Waals surface area contributed by atoms with Crippen molar-refractivity contribution in [2.45, 2.75) is 39.5 Å². The zero-order valence-corrected chi connectivity index (χ0v) is 31.1. The van der Waals surface area contributed by atoms with Gasteiger partial charge in [0.2, 0.25) is 11.6 Å². The number of nitrogens with zero attached hydrogens (tertiary/aromatic N) is 8. The first kappa shape index (κ1) is 31.6. The van der Waals surface area contributed by atoms with Gasteiger partial charge in [-0.3, -0.25) is 17.9 Å². The van der Waals surface area contributed by atoms with Crippen molar-refractivity contribution < 1.29 is 0 Å². The van der Waals surface area contributed by atoms with Crippen LogP contribution in [0.4, 0.5) is 0 Å². The molecular formula is C47H38N8. The average molecular weight is 715 g/mol. The van der Waals surface area contributed by atoms with E-state index in [1.165, 1.54) is 16.7 Å². The number of fused-ring (bicyclic) bond motifs is 10. The SMILES string of the molecule is CC(C)c1cccc(C(C)C)c1-c1cnn(-c2cccc(-n3c4cc(-n5c6ccccc6n6c7ccccc7nc56)ccc4n4c5ccccc5nc34)c2)c1. The Morgan fingerprint density at radius 3 is 1.64 bits per heavy atom. The molecule has 0 saturated carbocycles. The van der Waals surface area contributed by atoms with Gasteiger partial charge in [-0.1, -0.05) is 88.4 Å². The molecule has 0 spiro atoms. The molecule has 0 radical (unpaired) electrons. The first-order chi connectivity index (χ1) is 26.9. The molecule has 11 rings (SSSR count). The van der Waals surface area contributed by atoms with Crippen LogP contribution in [0, 0.1) is 0 Å². The first-order valence-corrected chi connectivity index (χ1v) is 19.0. The third-order valence-electron chi connectivity index (χ3n) is 11.1. The van der Waals surface area contributed by atoms with Gasteiger partial charge in [-0.05, 0) is 101 Å². The van der Waals surface area contributed by atoms with Crippen molar-refractivity contribution in [1.82, 2.24) is 37.7 Å². The number of benzene rings is 6. The minimum absolute atomic E-state index is 0.396. The quantitative estimate of drug-likeness (QED) is 0.172. The molecule has 5 heterocycles. The Labute approximate surface area is 317 Å². The lowest BCUT2D eigenvalue weighted by Crippen LogP contribution is -2.01. The van der Waals surface area contributed by atoms with Crippen LogP contribution < -0.4 is 0 Å². The van der Waals surface area contributed by atoms with E-state index < -0.39 is 0 Å². The van der Waals surface area contributed by atoms with Gasteiger partial charge in [0.15, 0.2) is 0 Å². The number of para-hydroxylation sites is 6. The fraction of sp³-hybridized carbons (Fsp3) is 0.128. The molecule has 0 amide bonds. The van der Waals surface area contributed by atoms with Crippen LogP contribution >= 0.6 is 0 Å². The fourth-order valence-corrected chi connectivity index (χ4v) is 8.64. The number of rotatable bonds is 6. The summed E-state index contributed by atoms with van der Waals surface area (Å²) in [6.07, 6.45) is 4.19. The van der Waals surface area contributed by atoms with Crippen molar-refractivity contribution in [3.63, 3.8) is 0 Å². The Hall–Kier alpha value is -6.93. The lowest BCUT2D eigenvalue weighted by molar-refractivity contribution is 0.838. The molecule has 0 unspecified atom stereocenters. The van der Waals surface area contributed by atoms with E-state index in [-0.39, 0.29) is 0 Å². The number of imidazole rings is 4. The van der Waals surface area contributed by atoms with E-state index in [0.717, 1.165) is 78.3 Å². The summed E-state index contributed by atoms with van der Waals surface area (Å²) >= 11 is 0. The van der Waals surface area contributed by atoms with E-state index in [9.17, 15) is 0 Å². The summed E-state index contributed by atoms with van der Waals surface area (Å²) in [5.74, 6) is 2.53. The highest BCUT2D eigenvalue weighted by Gasteiger charge is 2.22. The smallest absolute Gasteiger partial charge is 0.220 e. The predicted octanol–water partition coefficient (Wildman–Crippen LogP) is 11.3. The van der Waals surface area contributed by atoms with Crippen LogP contribution in [0.5, 0.6) is 0 Å². The number of hydrogen-bond acceptors (Lipinski definition) is 3. The zero-order valence-electron chi connectivity index (χ0n) is 31.1. The molecule has 266 valence electrons. The van der Waals surface area contributed by atoms with Crippen LogP contribution in [-0.4, -0.2) is 37.7 Å². The van der Waals surface area contributed by atoms with E-state index in [1.807, 2.05) is 23.0 Å². The highest BCUT2D eigenvalue weighted by atomic mass is 15.3. The van der Waals surface area contributed by atoms with Crippen molar-refractivity contribution in [2.75, 3.05) is 0 Å². The Kier molecular flexibility index (Phi) is 6.77. The summed E-state index contributed by atoms with van der Waals surface area (Å²) in [6, 6.07) is 47.3. The fourth-order valence-electron chi connectivity index (χ4n) is 8.64. The first-order valence-electron chi connectivity index (χ1n) is 19.0. The Balaban J connectivity index is 1.13. The summed E-state index contributed by atoms with van der Waals surface area (Å²) in [7, 11) is 0. The molecule has 0 N–H and O–H groups in total. The molecular weight excluding hydrogens is 677 g/mol. The van der Waals surface area contributed by atoms with E-state index in [0.29, 0.717) is 11.8 Å². The third kappa shape index (κ3) is 4.61. The second-order valence-electron chi connectivity index (χ2n) is 15.1. The van der Waals surface area contributed by atoms with Crippen LogP contribution in [0.3, 0.4) is 0 Å². The largest absolute Gasteiger partial charge is 0.278 e. The van der Waals surface area contributed by atoms with E-state index in [4.69, 9.17) is 15.1 Å². The minimum atomic E-state index is 0.396. The summed E-state index contributed by atoms with van der Waals surface area (Å²) in [4.78, 5) is 10.4. The maximum absolute atomic E-state index is 5.23. The average Bonchev–Trinajstić information content (AvgIpc) is 4.03. The van der Waals surface area contributed by atoms with E-state index in [1.54, 1.807) is 0 Å². The molecule has 0 atom stereocenters. The summed E-state index contributed by atoms with van der Waals surface area (Å²) < 4.78 is 11.1. The second-order valence-corrected chi connectivity index (χ2v) is 15.1. The Morgan fingerprint density at radius 1 is 0.455 bits per heavy atom. The number of aromatic nitrogens is 8. The van der Waals surface area contributed by atoms with Gasteiger partial charge in [0.05, 0.1) is 67.4 Å². The lowest BCUT2D eigenvalue weighted by atomic mass is 9.86. The Morgan fingerprint density at radius 2 is 0.982 bits per heavy atom. The van der Waals surface area contributed by atoms with Gasteiger partial charge in [0.25, 0.3) is 0 Å². The molecule has 0 bridgehead atoms. The molecule has 5 aromatic heterocycles. The molecule has 0 aliphatic heterocycles. The molecule has 8 heteroatoms. The predicted molar refractivity (Wildman–Crippen MR) is 223 cm³/mol. The van der Waals surface area contributed by atoms with Crippen LogP contribution in [-0.2, 0) is 0 Å². The maximum Gasteiger partial charge on any atom is 0.220 e. The third-order valence-corrected chi connectivity index (χ3v) is 11.1. The highest BCUT2D eigenvalue weighted by molar-refractivity contribution is 5.95. The maximum atomic E-state index is 5.23. The van der Waals surface area contributed by atoms with Crippen molar-refractivity contribution >= 4 is 55.7 Å². The molecule has 55 heavy (non-hydrogen) atoms. The molecule has 8 nitrogen and oxygen atoms in total. The number of hydrogen-bond donors (Lipinski definition) is 0. The van der Waals surface area contributed by atoms with Crippen molar-refractivity contribution in [3.8, 4) is 28.2 Å². The normalized spacial score (nSPS) is 12.3. The van der Waals surface area contributed by atoms with Crippen LogP contribution in [0.1, 0.15) is 50.7 Å². The van der Waals surface area contributed by atoms with Gasteiger partial charge < -0.3 is 0 Å². The monoisotopic (exact) mass is 714 g/mol. The molecule has 0 fully saturated rings. The lowest BCUT2D eigenvalue weighted by Gasteiger charge is -2.18. The molecule has 6 aromatic carbocycles. The molecule has 11 aromatic rings. The summed E-state index contributed by atoms with van der Waals surface area (Å²) in [5, 5.41) is 4.94. The highest BCUT2D eigenvalue weighted by Crippen LogP contribution is 2.37. The second kappa shape index (κ2) is 11.8. The topological polar surface area (TPSA) is 62.3 Å². The molecule has 0 saturated heterocycles. The van der Waals surface area contributed by atoms with Crippen molar-refractivity contribution in [3.05, 3.63) is 157 Å². The van der Waals surface area contributed by atoms with Gasteiger partial charge in [-0.25, -0.2) is 14.6 Å². The molecule has 0 aliphatic rings. The van der Waals surface area contributed by atoms with E-state index >= 15 is 0 Å². The van der Waals surface area contributed by atoms with Gasteiger partial charge >= 0.3 is 0 Å². The van der Waals surface area contributed by atoms with Crippen LogP contribution in [0.15, 0.2) is 146 Å². The van der Waals surface area contributed by atoms with Crippen LogP contribution in [0.25, 0.3) is 83.9 Å². The van der Waals surface area contributed by atoms with Crippen molar-refractivity contribution in [1.29, 1.82) is 0 Å². The van der Waals surface area contributed by atoms with Crippen LogP contribution in [0.2, 0.25) is 0 Å². The van der Waals surface area contributed by atoms with Gasteiger partial charge in [-0.15, -0.1) is 0 Å². The van der Waals surface area contributed by atoms with Gasteiger partial charge in [0.1, 0.15) is 0 Å². The minimum Gasteiger partial charge on any atom is -0.278 e. The zero-order chi connectivity index (χ0) is 36.9. The summed E-state index contributed by atoms with van der Waals surface area (Å²) in [5.41, 5.74) is 16.5. The summed E-state index contributed by atoms with van der Waals surface area (Å²) in [6.45, 7) is 9.06. The van der Waals surface area contributed by atoms with Gasteiger partial charge in [0, 0.05) is 11.8 Å². The van der Waals surface area contributed by atoms with Gasteiger partial charge in [-0.2, -0.15) is 5.10 Å². The molecule has 0 aliphatic carbocycles. The van der Waals surface area contributed by atoms with Crippen molar-refractivity contribution in [2.24, 2.45) is 0 Å². The van der Waals surface area contributed by atoms with E-state index in [2.05, 4.69) is 173 Å². The standard InChI is InChI=1S/C47H38N8/c1-29(2)35-15-12-16-36(30(3)4)45(35)31-27-48-51(28-31)32-13-11-14-33(25-32)53-44-26-34(23-24-43(44)55-40-20-8-6-18-38(40)50-47(53)55)52-41-21-9-10-22-42(41)54-39-19-7-5-17-37(39)49-46(52)54/h5-30H,1-4H3.